The maximum absolute atomic E-state index is 12.5. The Morgan fingerprint density at radius 1 is 1.03 bits per heavy atom. The molecule has 2 amide bonds. The van der Waals surface area contributed by atoms with Crippen molar-refractivity contribution < 1.29 is 28.2 Å². The van der Waals surface area contributed by atoms with Crippen molar-refractivity contribution in [2.75, 3.05) is 26.4 Å². The van der Waals surface area contributed by atoms with Gasteiger partial charge in [0.2, 0.25) is 5.75 Å². The van der Waals surface area contributed by atoms with Crippen LogP contribution in [0, 0.1) is 6.92 Å². The van der Waals surface area contributed by atoms with Crippen LogP contribution >= 0.6 is 0 Å². The summed E-state index contributed by atoms with van der Waals surface area (Å²) in [5, 5.41) is 6.33. The van der Waals surface area contributed by atoms with E-state index in [0.717, 1.165) is 5.76 Å². The number of hydrogen-bond donors (Lipinski definition) is 2. The van der Waals surface area contributed by atoms with Gasteiger partial charge in [0.15, 0.2) is 11.5 Å². The molecule has 1 heterocycles. The predicted molar refractivity (Wildman–Crippen MR) is 111 cm³/mol. The van der Waals surface area contributed by atoms with Crippen molar-refractivity contribution in [3.8, 4) is 17.2 Å². The molecule has 162 valence electrons. The number of carbonyl (C=O) groups is 2. The van der Waals surface area contributed by atoms with Gasteiger partial charge in [-0.2, -0.15) is 5.10 Å². The number of benzene rings is 1. The molecule has 2 aromatic rings. The van der Waals surface area contributed by atoms with Crippen LogP contribution < -0.4 is 25.0 Å². The number of carbonyl (C=O) groups excluding carboxylic acids is 2. The number of nitrogens with zero attached hydrogens (tertiary/aromatic N) is 1. The number of hydrogen-bond acceptors (Lipinski definition) is 7. The molecule has 0 saturated heterocycles. The molecular formula is C21H27N3O6. The van der Waals surface area contributed by atoms with Crippen molar-refractivity contribution in [3.05, 3.63) is 41.3 Å². The van der Waals surface area contributed by atoms with Gasteiger partial charge in [-0.1, -0.05) is 0 Å². The van der Waals surface area contributed by atoms with Gasteiger partial charge in [-0.15, -0.1) is 0 Å². The SMILES string of the molecule is CCOc1cc(C(=O)NCC(=O)N/N=C/c2ccc(C)o2)cc(OCC)c1OCC. The number of hydrazone groups is 1. The standard InChI is InChI=1S/C21H27N3O6/c1-5-27-17-10-15(11-18(28-6-2)20(17)29-7-3)21(26)22-13-19(25)24-23-12-16-9-8-14(4)30-16/h8-12H,5-7,13H2,1-4H3,(H,22,26)(H,24,25)/b23-12+. The molecule has 0 spiro atoms. The Kier molecular flexibility index (Phi) is 8.74. The summed E-state index contributed by atoms with van der Waals surface area (Å²) in [6.07, 6.45) is 1.38. The lowest BCUT2D eigenvalue weighted by molar-refractivity contribution is -0.120. The Hall–Kier alpha value is -3.49. The summed E-state index contributed by atoms with van der Waals surface area (Å²) < 4.78 is 22.1. The largest absolute Gasteiger partial charge is 0.490 e. The van der Waals surface area contributed by atoms with Crippen molar-refractivity contribution in [1.29, 1.82) is 0 Å². The summed E-state index contributed by atoms with van der Waals surface area (Å²) in [5.41, 5.74) is 2.61. The summed E-state index contributed by atoms with van der Waals surface area (Å²) in [6, 6.07) is 6.63. The first-order chi connectivity index (χ1) is 14.5. The third-order valence-corrected chi connectivity index (χ3v) is 3.72. The quantitative estimate of drug-likeness (QED) is 0.429. The topological polar surface area (TPSA) is 111 Å². The van der Waals surface area contributed by atoms with Crippen LogP contribution in [-0.2, 0) is 4.79 Å². The van der Waals surface area contributed by atoms with Crippen LogP contribution in [0.5, 0.6) is 17.2 Å². The number of furan rings is 1. The van der Waals surface area contributed by atoms with Crippen molar-refractivity contribution in [3.63, 3.8) is 0 Å². The molecule has 9 nitrogen and oxygen atoms in total. The maximum Gasteiger partial charge on any atom is 0.259 e. The zero-order valence-electron chi connectivity index (χ0n) is 17.6. The monoisotopic (exact) mass is 417 g/mol. The maximum atomic E-state index is 12.5. The van der Waals surface area contributed by atoms with Gasteiger partial charge in [-0.25, -0.2) is 5.43 Å². The second-order valence-corrected chi connectivity index (χ2v) is 6.02. The Bertz CT molecular complexity index is 864. The molecule has 2 rings (SSSR count). The minimum Gasteiger partial charge on any atom is -0.490 e. The van der Waals surface area contributed by atoms with E-state index in [1.54, 1.807) is 31.2 Å². The third-order valence-electron chi connectivity index (χ3n) is 3.72. The minimum atomic E-state index is -0.483. The average molecular weight is 417 g/mol. The second-order valence-electron chi connectivity index (χ2n) is 6.02. The Morgan fingerprint density at radius 3 is 2.20 bits per heavy atom. The first-order valence-corrected chi connectivity index (χ1v) is 9.71. The predicted octanol–water partition coefficient (Wildman–Crippen LogP) is 2.66. The molecule has 2 N–H and O–H groups in total. The first kappa shape index (κ1) is 22.8. The zero-order chi connectivity index (χ0) is 21.9. The minimum absolute atomic E-state index is 0.255. The van der Waals surface area contributed by atoms with E-state index in [4.69, 9.17) is 18.6 Å². The van der Waals surface area contributed by atoms with Crippen LogP contribution in [0.1, 0.15) is 42.6 Å². The molecular weight excluding hydrogens is 390 g/mol. The molecule has 0 saturated carbocycles. The fourth-order valence-corrected chi connectivity index (χ4v) is 2.51. The van der Waals surface area contributed by atoms with Gasteiger partial charge >= 0.3 is 0 Å². The van der Waals surface area contributed by atoms with Gasteiger partial charge in [0.25, 0.3) is 11.8 Å². The number of rotatable bonds is 11. The Morgan fingerprint density at radius 2 is 1.67 bits per heavy atom. The molecule has 0 unspecified atom stereocenters. The normalized spacial score (nSPS) is 10.7. The first-order valence-electron chi connectivity index (χ1n) is 9.71. The van der Waals surface area contributed by atoms with Crippen LogP contribution in [0.3, 0.4) is 0 Å². The van der Waals surface area contributed by atoms with E-state index in [1.807, 2.05) is 20.8 Å². The number of ether oxygens (including phenoxy) is 3. The van der Waals surface area contributed by atoms with Crippen LogP contribution in [0.4, 0.5) is 0 Å². The molecule has 0 atom stereocenters. The molecule has 0 aliphatic heterocycles. The number of amides is 2. The molecule has 1 aromatic carbocycles. The number of nitrogens with one attached hydrogen (secondary N) is 2. The van der Waals surface area contributed by atoms with Crippen LogP contribution in [0.2, 0.25) is 0 Å². The second kappa shape index (κ2) is 11.5. The van der Waals surface area contributed by atoms with Gasteiger partial charge in [0.05, 0.1) is 32.6 Å². The van der Waals surface area contributed by atoms with Gasteiger partial charge in [0.1, 0.15) is 11.5 Å². The Balaban J connectivity index is 2.02. The fourth-order valence-electron chi connectivity index (χ4n) is 2.51. The molecule has 0 aliphatic carbocycles. The van der Waals surface area contributed by atoms with Crippen LogP contribution in [0.15, 0.2) is 33.8 Å². The molecule has 1 aromatic heterocycles. The van der Waals surface area contributed by atoms with Crippen molar-refractivity contribution in [2.45, 2.75) is 27.7 Å². The lowest BCUT2D eigenvalue weighted by Crippen LogP contribution is -2.35. The smallest absolute Gasteiger partial charge is 0.259 e. The van der Waals surface area contributed by atoms with Gasteiger partial charge in [0, 0.05) is 5.56 Å². The summed E-state index contributed by atoms with van der Waals surface area (Å²) >= 11 is 0. The molecule has 0 fully saturated rings. The average Bonchev–Trinajstić information content (AvgIpc) is 3.13. The fraction of sp³-hybridized carbons (Fsp3) is 0.381. The van der Waals surface area contributed by atoms with Gasteiger partial charge < -0.3 is 23.9 Å². The zero-order valence-corrected chi connectivity index (χ0v) is 17.6. The van der Waals surface area contributed by atoms with E-state index in [0.29, 0.717) is 42.8 Å². The highest BCUT2D eigenvalue weighted by Crippen LogP contribution is 2.39. The van der Waals surface area contributed by atoms with Crippen molar-refractivity contribution in [1.82, 2.24) is 10.7 Å². The van der Waals surface area contributed by atoms with E-state index in [9.17, 15) is 9.59 Å². The van der Waals surface area contributed by atoms with Gasteiger partial charge in [-0.05, 0) is 52.0 Å². The van der Waals surface area contributed by atoms with Crippen molar-refractivity contribution in [2.24, 2.45) is 5.10 Å². The lowest BCUT2D eigenvalue weighted by atomic mass is 10.1. The molecule has 9 heteroatoms. The summed E-state index contributed by atoms with van der Waals surface area (Å²) in [7, 11) is 0. The summed E-state index contributed by atoms with van der Waals surface area (Å²) in [5.74, 6) is 1.56. The lowest BCUT2D eigenvalue weighted by Gasteiger charge is -2.17. The van der Waals surface area contributed by atoms with E-state index in [2.05, 4.69) is 15.8 Å². The van der Waals surface area contributed by atoms with Crippen LogP contribution in [0.25, 0.3) is 0 Å². The van der Waals surface area contributed by atoms with E-state index in [1.165, 1.54) is 6.21 Å². The van der Waals surface area contributed by atoms with Crippen LogP contribution in [-0.4, -0.2) is 44.4 Å². The third kappa shape index (κ3) is 6.54. The highest BCUT2D eigenvalue weighted by Gasteiger charge is 2.18. The van der Waals surface area contributed by atoms with E-state index in [-0.39, 0.29) is 12.1 Å². The molecule has 30 heavy (non-hydrogen) atoms. The molecule has 0 bridgehead atoms. The summed E-state index contributed by atoms with van der Waals surface area (Å²) in [6.45, 7) is 8.27. The molecule has 0 radical (unpaired) electrons. The Labute approximate surface area is 175 Å². The highest BCUT2D eigenvalue weighted by atomic mass is 16.5. The van der Waals surface area contributed by atoms with E-state index >= 15 is 0 Å². The summed E-state index contributed by atoms with van der Waals surface area (Å²) in [4.78, 5) is 24.4. The van der Waals surface area contributed by atoms with E-state index < -0.39 is 11.8 Å². The number of aryl methyl sites for hydroxylation is 1. The van der Waals surface area contributed by atoms with Gasteiger partial charge in [-0.3, -0.25) is 9.59 Å². The molecule has 0 aliphatic rings. The highest BCUT2D eigenvalue weighted by molar-refractivity contribution is 5.97. The van der Waals surface area contributed by atoms with Crippen molar-refractivity contribution >= 4 is 18.0 Å².